The third-order valence-corrected chi connectivity index (χ3v) is 7.23. The first kappa shape index (κ1) is 20.5. The van der Waals surface area contributed by atoms with Crippen LogP contribution in [0.15, 0.2) is 76.8 Å². The van der Waals surface area contributed by atoms with E-state index in [2.05, 4.69) is 37.2 Å². The molecule has 0 aliphatic heterocycles. The number of nitrogens with zero attached hydrogens (tertiary/aromatic N) is 1. The van der Waals surface area contributed by atoms with Crippen molar-refractivity contribution in [3.05, 3.63) is 83.2 Å². The van der Waals surface area contributed by atoms with E-state index < -0.39 is 10.1 Å². The molecule has 1 aromatic heterocycles. The van der Waals surface area contributed by atoms with Crippen LogP contribution in [0.5, 0.6) is 0 Å². The highest BCUT2D eigenvalue weighted by molar-refractivity contribution is 7.86. The normalized spacial score (nSPS) is 12.7. The minimum absolute atomic E-state index is 0.0404. The molecule has 0 bridgehead atoms. The summed E-state index contributed by atoms with van der Waals surface area (Å²) < 4.78 is 32.6. The van der Waals surface area contributed by atoms with Gasteiger partial charge < -0.3 is 5.73 Å². The Bertz CT molecular complexity index is 1390. The van der Waals surface area contributed by atoms with Crippen molar-refractivity contribution < 1.29 is 12.7 Å². The molecular formula is C23H22N2O3S2. The summed E-state index contributed by atoms with van der Waals surface area (Å²) in [5, 5.41) is 6.39. The van der Waals surface area contributed by atoms with Crippen molar-refractivity contribution in [3.63, 3.8) is 0 Å². The molecule has 4 aromatic rings. The van der Waals surface area contributed by atoms with Crippen LogP contribution in [0, 0.1) is 0 Å². The van der Waals surface area contributed by atoms with Crippen molar-refractivity contribution in [3.8, 4) is 0 Å². The molecule has 154 valence electrons. The van der Waals surface area contributed by atoms with E-state index in [0.717, 1.165) is 31.3 Å². The number of rotatable bonds is 5. The van der Waals surface area contributed by atoms with Crippen LogP contribution in [0.1, 0.15) is 30.9 Å². The molecule has 0 aliphatic carbocycles. The van der Waals surface area contributed by atoms with Gasteiger partial charge in [-0.3, -0.25) is 4.28 Å². The first-order chi connectivity index (χ1) is 14.4. The zero-order valence-corrected chi connectivity index (χ0v) is 18.3. The van der Waals surface area contributed by atoms with E-state index in [1.165, 1.54) is 12.1 Å². The standard InChI is InChI=1S/C23H22N2O3S2/c1-15(2)17-9-12-22-20(13-17)23(19-5-3-4-6-21(19)29-22)25-28-30(26,27)18-10-7-16(14-24)8-11-18/h3-13,15H,14,24H2,1-2H3/b25-23+. The fourth-order valence-corrected chi connectivity index (χ4v) is 5.00. The maximum Gasteiger partial charge on any atom is 0.358 e. The van der Waals surface area contributed by atoms with Crippen molar-refractivity contribution in [1.29, 1.82) is 0 Å². The van der Waals surface area contributed by atoms with E-state index >= 15 is 0 Å². The molecule has 4 rings (SSSR count). The van der Waals surface area contributed by atoms with Gasteiger partial charge in [0, 0.05) is 26.7 Å². The minimum atomic E-state index is -4.05. The van der Waals surface area contributed by atoms with Crippen molar-refractivity contribution >= 4 is 41.6 Å². The molecular weight excluding hydrogens is 416 g/mol. The predicted octanol–water partition coefficient (Wildman–Crippen LogP) is 4.86. The van der Waals surface area contributed by atoms with E-state index in [4.69, 9.17) is 10.0 Å². The number of nitrogens with two attached hydrogens (primary N) is 1. The van der Waals surface area contributed by atoms with E-state index in [9.17, 15) is 8.42 Å². The molecule has 0 unspecified atom stereocenters. The number of benzene rings is 3. The number of hydrogen-bond acceptors (Lipinski definition) is 6. The van der Waals surface area contributed by atoms with Crippen LogP contribution in [0.2, 0.25) is 0 Å². The Labute approximate surface area is 179 Å². The second kappa shape index (κ2) is 8.18. The molecule has 2 N–H and O–H groups in total. The van der Waals surface area contributed by atoms with Crippen LogP contribution in [-0.2, 0) is 20.9 Å². The van der Waals surface area contributed by atoms with Crippen molar-refractivity contribution in [2.24, 2.45) is 10.9 Å². The highest BCUT2D eigenvalue weighted by Gasteiger charge is 2.16. The Balaban J connectivity index is 1.90. The van der Waals surface area contributed by atoms with Crippen LogP contribution in [-0.4, -0.2) is 8.42 Å². The van der Waals surface area contributed by atoms with Gasteiger partial charge in [-0.2, -0.15) is 8.42 Å². The van der Waals surface area contributed by atoms with Crippen molar-refractivity contribution in [2.45, 2.75) is 31.2 Å². The Morgan fingerprint density at radius 1 is 0.967 bits per heavy atom. The Kier molecular flexibility index (Phi) is 5.60. The molecule has 5 nitrogen and oxygen atoms in total. The van der Waals surface area contributed by atoms with Crippen LogP contribution in [0.3, 0.4) is 0 Å². The van der Waals surface area contributed by atoms with Crippen LogP contribution >= 0.6 is 11.3 Å². The molecule has 3 aromatic carbocycles. The smallest absolute Gasteiger partial charge is 0.326 e. The molecule has 0 fully saturated rings. The summed E-state index contributed by atoms with van der Waals surface area (Å²) in [6.45, 7) is 4.58. The second-order valence-corrected chi connectivity index (χ2v) is 9.94. The third kappa shape index (κ3) is 3.96. The van der Waals surface area contributed by atoms with Gasteiger partial charge in [0.1, 0.15) is 10.3 Å². The molecule has 0 radical (unpaired) electrons. The third-order valence-electron chi connectivity index (χ3n) is 4.96. The van der Waals surface area contributed by atoms with Crippen LogP contribution in [0.25, 0.3) is 20.2 Å². The largest absolute Gasteiger partial charge is 0.358 e. The summed E-state index contributed by atoms with van der Waals surface area (Å²) in [5.41, 5.74) is 7.58. The minimum Gasteiger partial charge on any atom is -0.326 e. The fourth-order valence-electron chi connectivity index (χ4n) is 3.22. The van der Waals surface area contributed by atoms with Gasteiger partial charge >= 0.3 is 10.1 Å². The molecule has 1 heterocycles. The van der Waals surface area contributed by atoms with Gasteiger partial charge in [-0.1, -0.05) is 55.4 Å². The van der Waals surface area contributed by atoms with Crippen LogP contribution < -0.4 is 11.1 Å². The first-order valence-corrected chi connectivity index (χ1v) is 11.8. The highest BCUT2D eigenvalue weighted by Crippen LogP contribution is 2.27. The first-order valence-electron chi connectivity index (χ1n) is 9.61. The summed E-state index contributed by atoms with van der Waals surface area (Å²) >= 11 is 1.64. The maximum absolute atomic E-state index is 12.7. The second-order valence-electron chi connectivity index (χ2n) is 7.33. The van der Waals surface area contributed by atoms with Gasteiger partial charge in [0.05, 0.1) is 0 Å². The highest BCUT2D eigenvalue weighted by atomic mass is 32.2. The molecule has 0 saturated carbocycles. The molecule has 0 saturated heterocycles. The number of hydrogen-bond donors (Lipinski definition) is 1. The summed E-state index contributed by atoms with van der Waals surface area (Å²) in [4.78, 5) is 0.0404. The van der Waals surface area contributed by atoms with Crippen molar-refractivity contribution in [1.82, 2.24) is 0 Å². The zero-order valence-electron chi connectivity index (χ0n) is 16.7. The summed E-state index contributed by atoms with van der Waals surface area (Å²) in [6, 6.07) is 20.3. The van der Waals surface area contributed by atoms with Gasteiger partial charge in [0.2, 0.25) is 0 Å². The van der Waals surface area contributed by atoms with Gasteiger partial charge in [0.25, 0.3) is 0 Å². The zero-order chi connectivity index (χ0) is 21.3. The van der Waals surface area contributed by atoms with Gasteiger partial charge in [-0.25, -0.2) is 0 Å². The van der Waals surface area contributed by atoms with Gasteiger partial charge in [0.15, 0.2) is 0 Å². The fraction of sp³-hybridized carbons (Fsp3) is 0.174. The molecule has 0 spiro atoms. The van der Waals surface area contributed by atoms with E-state index in [1.54, 1.807) is 23.5 Å². The average Bonchev–Trinajstić information content (AvgIpc) is 2.76. The molecule has 0 amide bonds. The maximum atomic E-state index is 12.7. The van der Waals surface area contributed by atoms with Crippen LogP contribution in [0.4, 0.5) is 0 Å². The molecule has 0 atom stereocenters. The SMILES string of the molecule is CC(C)c1ccc2sc3ccccc3/c(=N\OS(=O)(=O)c3ccc(CN)cc3)c2c1. The summed E-state index contributed by atoms with van der Waals surface area (Å²) in [7, 11) is -4.05. The lowest BCUT2D eigenvalue weighted by Crippen LogP contribution is -2.10. The van der Waals surface area contributed by atoms with Crippen molar-refractivity contribution in [2.75, 3.05) is 0 Å². The molecule has 30 heavy (non-hydrogen) atoms. The van der Waals surface area contributed by atoms with E-state index in [0.29, 0.717) is 17.8 Å². The predicted molar refractivity (Wildman–Crippen MR) is 122 cm³/mol. The lowest BCUT2D eigenvalue weighted by atomic mass is 10.0. The average molecular weight is 439 g/mol. The number of fused-ring (bicyclic) bond motifs is 2. The van der Waals surface area contributed by atoms with Gasteiger partial charge in [-0.15, -0.1) is 11.3 Å². The Morgan fingerprint density at radius 3 is 2.37 bits per heavy atom. The quantitative estimate of drug-likeness (QED) is 0.356. The monoisotopic (exact) mass is 438 g/mol. The summed E-state index contributed by atoms with van der Waals surface area (Å²) in [5.74, 6) is 0.337. The lowest BCUT2D eigenvalue weighted by Gasteiger charge is -2.09. The lowest BCUT2D eigenvalue weighted by molar-refractivity contribution is 0.326. The topological polar surface area (TPSA) is 81.8 Å². The van der Waals surface area contributed by atoms with Gasteiger partial charge in [-0.05, 0) is 47.4 Å². The molecule has 0 aliphatic rings. The molecule has 7 heteroatoms. The Morgan fingerprint density at radius 2 is 1.67 bits per heavy atom. The van der Waals surface area contributed by atoms with E-state index in [-0.39, 0.29) is 4.90 Å². The van der Waals surface area contributed by atoms with E-state index in [1.807, 2.05) is 24.3 Å². The Hall–Kier alpha value is -2.74. The summed E-state index contributed by atoms with van der Waals surface area (Å²) in [6.07, 6.45) is 0.